The van der Waals surface area contributed by atoms with Crippen LogP contribution in [-0.4, -0.2) is 29.4 Å². The summed E-state index contributed by atoms with van der Waals surface area (Å²) >= 11 is 3.18. The Morgan fingerprint density at radius 3 is 2.38 bits per heavy atom. The molecule has 0 aliphatic heterocycles. The molecule has 24 heavy (non-hydrogen) atoms. The van der Waals surface area contributed by atoms with E-state index in [0.29, 0.717) is 15.8 Å². The van der Waals surface area contributed by atoms with Gasteiger partial charge in [0.2, 0.25) is 0 Å². The lowest BCUT2D eigenvalue weighted by molar-refractivity contribution is -0.131. The monoisotopic (exact) mass is 392 g/mol. The molecule has 124 valence electrons. The number of benzene rings is 2. The fourth-order valence-electron chi connectivity index (χ4n) is 1.84. The van der Waals surface area contributed by atoms with Gasteiger partial charge in [0.1, 0.15) is 17.1 Å². The molecule has 0 spiro atoms. The Morgan fingerprint density at radius 2 is 1.75 bits per heavy atom. The lowest BCUT2D eigenvalue weighted by Gasteiger charge is -2.07. The number of aromatic hydroxyl groups is 1. The van der Waals surface area contributed by atoms with Crippen LogP contribution in [-0.2, 0) is 9.53 Å². The van der Waals surface area contributed by atoms with E-state index in [9.17, 15) is 19.5 Å². The van der Waals surface area contributed by atoms with Crippen LogP contribution in [0.4, 0.5) is 0 Å². The molecule has 0 saturated heterocycles. The highest BCUT2D eigenvalue weighted by molar-refractivity contribution is 9.10. The van der Waals surface area contributed by atoms with E-state index in [1.54, 1.807) is 6.07 Å². The van der Waals surface area contributed by atoms with E-state index in [2.05, 4.69) is 15.9 Å². The Morgan fingerprint density at radius 1 is 1.08 bits per heavy atom. The van der Waals surface area contributed by atoms with Crippen LogP contribution < -0.4 is 4.74 Å². The summed E-state index contributed by atoms with van der Waals surface area (Å²) in [6.07, 6.45) is 0. The quantitative estimate of drug-likeness (QED) is 0.477. The molecule has 0 saturated carbocycles. The number of ether oxygens (including phenoxy) is 2. The van der Waals surface area contributed by atoms with Gasteiger partial charge in [0.25, 0.3) is 0 Å². The predicted octanol–water partition coefficient (Wildman–Crippen LogP) is 3.12. The van der Waals surface area contributed by atoms with Crippen molar-refractivity contribution in [1.82, 2.24) is 0 Å². The Labute approximate surface area is 146 Å². The van der Waals surface area contributed by atoms with Crippen LogP contribution in [0.5, 0.6) is 11.5 Å². The normalized spacial score (nSPS) is 10.1. The van der Waals surface area contributed by atoms with Gasteiger partial charge >= 0.3 is 11.9 Å². The van der Waals surface area contributed by atoms with Crippen molar-refractivity contribution in [1.29, 1.82) is 0 Å². The maximum Gasteiger partial charge on any atom is 0.342 e. The molecule has 0 bridgehead atoms. The van der Waals surface area contributed by atoms with Gasteiger partial charge in [0.15, 0.2) is 12.4 Å². The first-order chi connectivity index (χ1) is 11.4. The van der Waals surface area contributed by atoms with Gasteiger partial charge in [-0.1, -0.05) is 15.9 Å². The van der Waals surface area contributed by atoms with Crippen molar-refractivity contribution in [2.75, 3.05) is 6.61 Å². The second-order valence-electron chi connectivity index (χ2n) is 4.78. The molecule has 0 aliphatic rings. The molecule has 0 fully saturated rings. The van der Waals surface area contributed by atoms with Crippen molar-refractivity contribution in [2.24, 2.45) is 0 Å². The topological polar surface area (TPSA) is 89.9 Å². The van der Waals surface area contributed by atoms with Gasteiger partial charge in [0, 0.05) is 17.0 Å². The molecule has 0 atom stereocenters. The first-order valence-electron chi connectivity index (χ1n) is 6.84. The third-order valence-electron chi connectivity index (χ3n) is 2.95. The second-order valence-corrected chi connectivity index (χ2v) is 5.69. The molecule has 2 aromatic carbocycles. The number of hydrogen-bond donors (Lipinski definition) is 1. The Balaban J connectivity index is 1.98. The van der Waals surface area contributed by atoms with Crippen molar-refractivity contribution in [3.8, 4) is 11.5 Å². The van der Waals surface area contributed by atoms with Crippen molar-refractivity contribution >= 4 is 33.7 Å². The molecular formula is C17H13BrO6. The lowest BCUT2D eigenvalue weighted by Crippen LogP contribution is -2.14. The highest BCUT2D eigenvalue weighted by Crippen LogP contribution is 2.22. The van der Waals surface area contributed by atoms with Crippen LogP contribution in [0.25, 0.3) is 0 Å². The number of ketones is 1. The predicted molar refractivity (Wildman–Crippen MR) is 88.2 cm³/mol. The van der Waals surface area contributed by atoms with E-state index < -0.39 is 24.3 Å². The van der Waals surface area contributed by atoms with Gasteiger partial charge in [0.05, 0.1) is 0 Å². The Bertz CT molecular complexity index is 782. The molecule has 0 amide bonds. The SMILES string of the molecule is CC(=O)Oc1ccc(C(=O)COC(=O)c2cc(Br)ccc2O)cc1. The van der Waals surface area contributed by atoms with Crippen molar-refractivity contribution in [3.05, 3.63) is 58.1 Å². The lowest BCUT2D eigenvalue weighted by atomic mass is 10.1. The largest absolute Gasteiger partial charge is 0.507 e. The fraction of sp³-hybridized carbons (Fsp3) is 0.118. The number of phenolic OH excluding ortho intramolecular Hbond substituents is 1. The maximum atomic E-state index is 12.0. The van der Waals surface area contributed by atoms with Crippen LogP contribution in [0.3, 0.4) is 0 Å². The number of rotatable bonds is 5. The summed E-state index contributed by atoms with van der Waals surface area (Å²) in [6, 6.07) is 10.2. The van der Waals surface area contributed by atoms with Crippen LogP contribution in [0.15, 0.2) is 46.9 Å². The molecule has 0 aliphatic carbocycles. The minimum absolute atomic E-state index is 0.0395. The van der Waals surface area contributed by atoms with Crippen LogP contribution >= 0.6 is 15.9 Å². The summed E-state index contributed by atoms with van der Waals surface area (Å²) in [4.78, 5) is 34.8. The fourth-order valence-corrected chi connectivity index (χ4v) is 2.20. The minimum atomic E-state index is -0.807. The molecule has 6 nitrogen and oxygen atoms in total. The van der Waals surface area contributed by atoms with Crippen molar-refractivity contribution < 1.29 is 29.0 Å². The standard InChI is InChI=1S/C17H13BrO6/c1-10(19)24-13-5-2-11(3-6-13)16(21)9-23-17(22)14-8-12(18)4-7-15(14)20/h2-8,20H,9H2,1H3. The number of Topliss-reactive ketones (excluding diaryl/α,β-unsaturated/α-hetero) is 1. The van der Waals surface area contributed by atoms with Crippen LogP contribution in [0.2, 0.25) is 0 Å². The third kappa shape index (κ3) is 4.66. The van der Waals surface area contributed by atoms with Crippen LogP contribution in [0, 0.1) is 0 Å². The van der Waals surface area contributed by atoms with E-state index in [0.717, 1.165) is 0 Å². The molecule has 2 aromatic rings. The number of esters is 2. The number of hydrogen-bond acceptors (Lipinski definition) is 6. The van der Waals surface area contributed by atoms with E-state index in [1.165, 1.54) is 43.3 Å². The van der Waals surface area contributed by atoms with E-state index in [4.69, 9.17) is 9.47 Å². The smallest absolute Gasteiger partial charge is 0.342 e. The summed E-state index contributed by atoms with van der Waals surface area (Å²) in [7, 11) is 0. The number of phenols is 1. The zero-order chi connectivity index (χ0) is 17.7. The van der Waals surface area contributed by atoms with Gasteiger partial charge in [-0.25, -0.2) is 4.79 Å². The van der Waals surface area contributed by atoms with Crippen LogP contribution in [0.1, 0.15) is 27.6 Å². The summed E-state index contributed by atoms with van der Waals surface area (Å²) < 4.78 is 10.4. The van der Waals surface area contributed by atoms with E-state index in [-0.39, 0.29) is 11.3 Å². The second kappa shape index (κ2) is 7.74. The van der Waals surface area contributed by atoms with Gasteiger partial charge < -0.3 is 14.6 Å². The van der Waals surface area contributed by atoms with E-state index >= 15 is 0 Å². The first kappa shape index (κ1) is 17.7. The molecule has 7 heteroatoms. The molecule has 0 radical (unpaired) electrons. The number of halogens is 1. The zero-order valence-corrected chi connectivity index (χ0v) is 14.2. The van der Waals surface area contributed by atoms with Crippen molar-refractivity contribution in [2.45, 2.75) is 6.92 Å². The third-order valence-corrected chi connectivity index (χ3v) is 3.44. The highest BCUT2D eigenvalue weighted by Gasteiger charge is 2.16. The average Bonchev–Trinajstić information content (AvgIpc) is 2.54. The Hall–Kier alpha value is -2.67. The summed E-state index contributed by atoms with van der Waals surface area (Å²) in [5, 5.41) is 9.64. The maximum absolute atomic E-state index is 12.0. The van der Waals surface area contributed by atoms with E-state index in [1.807, 2.05) is 0 Å². The summed E-state index contributed by atoms with van der Waals surface area (Å²) in [5.41, 5.74) is 0.263. The molecule has 1 N–H and O–H groups in total. The molecular weight excluding hydrogens is 380 g/mol. The zero-order valence-electron chi connectivity index (χ0n) is 12.6. The van der Waals surface area contributed by atoms with Gasteiger partial charge in [-0.05, 0) is 42.5 Å². The molecule has 2 rings (SSSR count). The van der Waals surface area contributed by atoms with Gasteiger partial charge in [-0.15, -0.1) is 0 Å². The average molecular weight is 393 g/mol. The molecule has 0 heterocycles. The van der Waals surface area contributed by atoms with Gasteiger partial charge in [-0.2, -0.15) is 0 Å². The highest BCUT2D eigenvalue weighted by atomic mass is 79.9. The summed E-state index contributed by atoms with van der Waals surface area (Å²) in [5.74, 6) is -1.61. The number of carbonyl (C=O) groups is 3. The summed E-state index contributed by atoms with van der Waals surface area (Å²) in [6.45, 7) is 0.799. The van der Waals surface area contributed by atoms with Gasteiger partial charge in [-0.3, -0.25) is 9.59 Å². The molecule has 0 unspecified atom stereocenters. The first-order valence-corrected chi connectivity index (χ1v) is 7.63. The van der Waals surface area contributed by atoms with Crippen molar-refractivity contribution in [3.63, 3.8) is 0 Å². The number of carbonyl (C=O) groups excluding carboxylic acids is 3. The minimum Gasteiger partial charge on any atom is -0.507 e. The molecule has 0 aromatic heterocycles. The Kier molecular flexibility index (Phi) is 5.70.